The molecule has 0 aliphatic heterocycles. The fraction of sp³-hybridized carbons (Fsp3) is 0.111. The second-order valence-corrected chi connectivity index (χ2v) is 3.63. The number of rotatable bonds is 2. The molecule has 1 aromatic rings. The first-order valence-electron chi connectivity index (χ1n) is 3.73. The molecule has 0 unspecified atom stereocenters. The van der Waals surface area contributed by atoms with Gasteiger partial charge in [-0.05, 0) is 17.5 Å². The Hall–Kier alpha value is -0.510. The van der Waals surface area contributed by atoms with E-state index < -0.39 is 0 Å². The molecule has 0 saturated carbocycles. The van der Waals surface area contributed by atoms with Crippen LogP contribution >= 0.6 is 35.8 Å². The highest BCUT2D eigenvalue weighted by Crippen LogP contribution is 2.34. The van der Waals surface area contributed by atoms with Crippen molar-refractivity contribution in [2.24, 2.45) is 5.73 Å². The summed E-state index contributed by atoms with van der Waals surface area (Å²) in [7, 11) is 1.50. The van der Waals surface area contributed by atoms with Crippen molar-refractivity contribution in [1.29, 1.82) is 0 Å². The predicted molar refractivity (Wildman–Crippen MR) is 64.2 cm³/mol. The van der Waals surface area contributed by atoms with Crippen molar-refractivity contribution in [2.75, 3.05) is 7.11 Å². The zero-order chi connectivity index (χ0) is 10.7. The van der Waals surface area contributed by atoms with E-state index >= 15 is 0 Å². The summed E-state index contributed by atoms with van der Waals surface area (Å²) in [5, 5.41) is 2.33. The van der Waals surface area contributed by atoms with Crippen molar-refractivity contribution in [3.05, 3.63) is 33.1 Å². The third-order valence-corrected chi connectivity index (χ3v) is 2.51. The molecule has 0 aliphatic rings. The summed E-state index contributed by atoms with van der Waals surface area (Å²) in [6, 6.07) is 3.35. The Bertz CT molecular complexity index is 356. The zero-order valence-electron chi connectivity index (χ0n) is 7.42. The zero-order valence-corrected chi connectivity index (χ0v) is 9.83. The van der Waals surface area contributed by atoms with Gasteiger partial charge in [0.05, 0.1) is 17.2 Å². The molecule has 2 nitrogen and oxygen atoms in total. The summed E-state index contributed by atoms with van der Waals surface area (Å²) in [5.41, 5.74) is 6.87. The summed E-state index contributed by atoms with van der Waals surface area (Å²) < 4.78 is 5.00. The first-order chi connectivity index (χ1) is 6.60. The van der Waals surface area contributed by atoms with Gasteiger partial charge < -0.3 is 10.5 Å². The minimum absolute atomic E-state index is 0.424. The van der Waals surface area contributed by atoms with Crippen molar-refractivity contribution in [3.63, 3.8) is 0 Å². The quantitative estimate of drug-likeness (QED) is 0.790. The van der Waals surface area contributed by atoms with Crippen molar-refractivity contribution >= 4 is 41.5 Å². The number of benzene rings is 1. The topological polar surface area (TPSA) is 35.2 Å². The van der Waals surface area contributed by atoms with E-state index in [0.717, 1.165) is 5.56 Å². The SMILES string of the molecule is COc1c(Cl)cc(/C(N)=C/S)cc1Cl. The van der Waals surface area contributed by atoms with Crippen molar-refractivity contribution in [1.82, 2.24) is 0 Å². The Balaban J connectivity index is 3.27. The Morgan fingerprint density at radius 1 is 1.43 bits per heavy atom. The molecule has 0 aliphatic carbocycles. The third-order valence-electron chi connectivity index (χ3n) is 1.67. The van der Waals surface area contributed by atoms with Gasteiger partial charge in [0.2, 0.25) is 0 Å². The molecule has 76 valence electrons. The lowest BCUT2D eigenvalue weighted by Crippen LogP contribution is -1.96. The standard InChI is InChI=1S/C9H9Cl2NOS/c1-13-9-6(10)2-5(3-7(9)11)8(12)4-14/h2-4,14H,12H2,1H3/b8-4-. The second kappa shape index (κ2) is 4.82. The maximum atomic E-state index is 5.92. The van der Waals surface area contributed by atoms with Crippen LogP contribution in [0.15, 0.2) is 17.5 Å². The molecular formula is C9H9Cl2NOS. The van der Waals surface area contributed by atoms with E-state index in [9.17, 15) is 0 Å². The highest BCUT2D eigenvalue weighted by molar-refractivity contribution is 7.83. The van der Waals surface area contributed by atoms with E-state index in [0.29, 0.717) is 21.5 Å². The Labute approximate surface area is 98.1 Å². The van der Waals surface area contributed by atoms with Crippen LogP contribution in [0.25, 0.3) is 5.70 Å². The van der Waals surface area contributed by atoms with Gasteiger partial charge in [-0.1, -0.05) is 23.2 Å². The number of nitrogens with two attached hydrogens (primary N) is 1. The van der Waals surface area contributed by atoms with E-state index in [4.69, 9.17) is 33.7 Å². The van der Waals surface area contributed by atoms with Gasteiger partial charge in [0, 0.05) is 11.3 Å². The number of thiol groups is 1. The summed E-state index contributed by atoms with van der Waals surface area (Å²) in [6.07, 6.45) is 0. The summed E-state index contributed by atoms with van der Waals surface area (Å²) in [4.78, 5) is 0. The van der Waals surface area contributed by atoms with Gasteiger partial charge in [-0.25, -0.2) is 0 Å². The van der Waals surface area contributed by atoms with Crippen LogP contribution in [0.4, 0.5) is 0 Å². The van der Waals surface area contributed by atoms with E-state index in [1.54, 1.807) is 12.1 Å². The largest absolute Gasteiger partial charge is 0.494 e. The van der Waals surface area contributed by atoms with Gasteiger partial charge in [-0.15, -0.1) is 12.6 Å². The first-order valence-corrected chi connectivity index (χ1v) is 5.00. The summed E-state index contributed by atoms with van der Waals surface area (Å²) >= 11 is 15.8. The van der Waals surface area contributed by atoms with Gasteiger partial charge in [0.1, 0.15) is 0 Å². The van der Waals surface area contributed by atoms with E-state index in [-0.39, 0.29) is 0 Å². The van der Waals surface area contributed by atoms with Crippen LogP contribution in [-0.4, -0.2) is 7.11 Å². The van der Waals surface area contributed by atoms with Gasteiger partial charge >= 0.3 is 0 Å². The number of halogens is 2. The number of hydrogen-bond acceptors (Lipinski definition) is 3. The molecule has 0 bridgehead atoms. The lowest BCUT2D eigenvalue weighted by atomic mass is 10.2. The van der Waals surface area contributed by atoms with Gasteiger partial charge in [0.15, 0.2) is 5.75 Å². The number of ether oxygens (including phenoxy) is 1. The summed E-state index contributed by atoms with van der Waals surface area (Å²) in [6.45, 7) is 0. The van der Waals surface area contributed by atoms with Crippen molar-refractivity contribution in [2.45, 2.75) is 0 Å². The molecule has 0 aromatic heterocycles. The Morgan fingerprint density at radius 3 is 2.29 bits per heavy atom. The van der Waals surface area contributed by atoms with Crippen LogP contribution in [0.1, 0.15) is 5.56 Å². The molecule has 2 N–H and O–H groups in total. The maximum absolute atomic E-state index is 5.92. The Kier molecular flexibility index (Phi) is 3.98. The fourth-order valence-corrected chi connectivity index (χ4v) is 1.79. The predicted octanol–water partition coefficient (Wildman–Crippen LogP) is 3.19. The average molecular weight is 250 g/mol. The Morgan fingerprint density at radius 2 is 1.93 bits per heavy atom. The molecule has 5 heteroatoms. The normalized spacial score (nSPS) is 11.6. The first kappa shape index (κ1) is 11.6. The lowest BCUT2D eigenvalue weighted by Gasteiger charge is -2.08. The van der Waals surface area contributed by atoms with Crippen LogP contribution in [0.3, 0.4) is 0 Å². The maximum Gasteiger partial charge on any atom is 0.156 e. The highest BCUT2D eigenvalue weighted by atomic mass is 35.5. The molecule has 0 fully saturated rings. The van der Waals surface area contributed by atoms with Crippen LogP contribution in [-0.2, 0) is 0 Å². The average Bonchev–Trinajstić information content (AvgIpc) is 2.16. The molecule has 0 heterocycles. The third kappa shape index (κ3) is 2.29. The van der Waals surface area contributed by atoms with Crippen molar-refractivity contribution in [3.8, 4) is 5.75 Å². The second-order valence-electron chi connectivity index (χ2n) is 2.56. The van der Waals surface area contributed by atoms with Gasteiger partial charge in [0.25, 0.3) is 0 Å². The molecule has 0 saturated heterocycles. The minimum atomic E-state index is 0.424. The molecule has 0 radical (unpaired) electrons. The smallest absolute Gasteiger partial charge is 0.156 e. The van der Waals surface area contributed by atoms with Crippen LogP contribution in [0, 0.1) is 0 Å². The molecule has 0 spiro atoms. The van der Waals surface area contributed by atoms with E-state index in [1.165, 1.54) is 12.5 Å². The number of hydrogen-bond donors (Lipinski definition) is 2. The molecule has 1 aromatic carbocycles. The monoisotopic (exact) mass is 249 g/mol. The molecule has 14 heavy (non-hydrogen) atoms. The minimum Gasteiger partial charge on any atom is -0.494 e. The van der Waals surface area contributed by atoms with E-state index in [1.807, 2.05) is 0 Å². The molecule has 1 rings (SSSR count). The van der Waals surface area contributed by atoms with Crippen molar-refractivity contribution < 1.29 is 4.74 Å². The molecule has 0 amide bonds. The summed E-state index contributed by atoms with van der Waals surface area (Å²) in [5.74, 6) is 0.448. The van der Waals surface area contributed by atoms with E-state index in [2.05, 4.69) is 12.6 Å². The van der Waals surface area contributed by atoms with Gasteiger partial charge in [-0.3, -0.25) is 0 Å². The number of methoxy groups -OCH3 is 1. The lowest BCUT2D eigenvalue weighted by molar-refractivity contribution is 0.415. The molecule has 0 atom stereocenters. The van der Waals surface area contributed by atoms with Gasteiger partial charge in [-0.2, -0.15) is 0 Å². The highest BCUT2D eigenvalue weighted by Gasteiger charge is 2.09. The molecular weight excluding hydrogens is 241 g/mol. The van der Waals surface area contributed by atoms with Crippen LogP contribution < -0.4 is 10.5 Å². The van der Waals surface area contributed by atoms with Crippen LogP contribution in [0.5, 0.6) is 5.75 Å². The fourth-order valence-electron chi connectivity index (χ4n) is 0.996. The van der Waals surface area contributed by atoms with Crippen LogP contribution in [0.2, 0.25) is 10.0 Å².